The van der Waals surface area contributed by atoms with Gasteiger partial charge in [0.2, 0.25) is 17.7 Å². The third-order valence-corrected chi connectivity index (χ3v) is 6.34. The fourth-order valence-corrected chi connectivity index (χ4v) is 4.43. The number of likely N-dealkylation sites (N-methyl/N-ethyl adjacent to an activating group) is 1. The molecule has 1 fully saturated rings. The van der Waals surface area contributed by atoms with Crippen LogP contribution in [0.5, 0.6) is 0 Å². The number of thiazole rings is 1. The standard InChI is InChI=1S/C22H27FN4O3S/c1-15-24-16(14-31-15)13-26(4)19(28)11-22(17-7-5-6-8-18(17)23)12-20(29)27(21(22)30)10-9-25(2)3/h5-8,14H,9-13H2,1-4H3/t22-/m0/s1. The van der Waals surface area contributed by atoms with Crippen LogP contribution in [0.15, 0.2) is 29.6 Å². The van der Waals surface area contributed by atoms with Gasteiger partial charge in [-0.1, -0.05) is 18.2 Å². The Morgan fingerprint density at radius 3 is 2.58 bits per heavy atom. The minimum atomic E-state index is -1.54. The van der Waals surface area contributed by atoms with Crippen molar-refractivity contribution in [3.8, 4) is 0 Å². The molecular weight excluding hydrogens is 419 g/mol. The number of rotatable bonds is 8. The molecule has 0 aliphatic carbocycles. The van der Waals surface area contributed by atoms with Crippen molar-refractivity contribution >= 4 is 29.1 Å². The summed E-state index contributed by atoms with van der Waals surface area (Å²) in [6, 6.07) is 5.89. The van der Waals surface area contributed by atoms with Crippen molar-refractivity contribution in [3.63, 3.8) is 0 Å². The van der Waals surface area contributed by atoms with Gasteiger partial charge in [-0.25, -0.2) is 9.37 Å². The monoisotopic (exact) mass is 446 g/mol. The van der Waals surface area contributed by atoms with Gasteiger partial charge in [0, 0.05) is 43.9 Å². The molecule has 0 N–H and O–H groups in total. The van der Waals surface area contributed by atoms with E-state index in [1.54, 1.807) is 13.1 Å². The molecule has 1 saturated heterocycles. The van der Waals surface area contributed by atoms with Gasteiger partial charge in [0.1, 0.15) is 5.82 Å². The molecule has 0 bridgehead atoms. The second-order valence-electron chi connectivity index (χ2n) is 8.18. The van der Waals surface area contributed by atoms with E-state index in [2.05, 4.69) is 4.98 Å². The quantitative estimate of drug-likeness (QED) is 0.582. The molecular formula is C22H27FN4O3S. The van der Waals surface area contributed by atoms with Gasteiger partial charge >= 0.3 is 0 Å². The van der Waals surface area contributed by atoms with E-state index in [0.717, 1.165) is 15.6 Å². The first-order chi connectivity index (χ1) is 14.6. The van der Waals surface area contributed by atoms with Crippen molar-refractivity contribution in [2.45, 2.75) is 31.7 Å². The smallest absolute Gasteiger partial charge is 0.241 e. The van der Waals surface area contributed by atoms with Crippen LogP contribution in [-0.2, 0) is 26.3 Å². The van der Waals surface area contributed by atoms with E-state index in [1.165, 1.54) is 34.4 Å². The molecule has 0 saturated carbocycles. The van der Waals surface area contributed by atoms with Crippen LogP contribution in [0.1, 0.15) is 29.1 Å². The van der Waals surface area contributed by atoms with Gasteiger partial charge in [-0.05, 0) is 27.1 Å². The van der Waals surface area contributed by atoms with Gasteiger partial charge in [0.15, 0.2) is 0 Å². The molecule has 1 aromatic heterocycles. The minimum Gasteiger partial charge on any atom is -0.340 e. The molecule has 31 heavy (non-hydrogen) atoms. The molecule has 0 spiro atoms. The zero-order valence-corrected chi connectivity index (χ0v) is 19.0. The lowest BCUT2D eigenvalue weighted by Crippen LogP contribution is -2.44. The number of hydrogen-bond donors (Lipinski definition) is 0. The van der Waals surface area contributed by atoms with Crippen LogP contribution in [0.2, 0.25) is 0 Å². The van der Waals surface area contributed by atoms with Crippen molar-refractivity contribution in [1.29, 1.82) is 0 Å². The average molecular weight is 447 g/mol. The van der Waals surface area contributed by atoms with E-state index in [-0.39, 0.29) is 43.3 Å². The maximum Gasteiger partial charge on any atom is 0.241 e. The molecule has 2 heterocycles. The Bertz CT molecular complexity index is 993. The lowest BCUT2D eigenvalue weighted by atomic mass is 9.75. The summed E-state index contributed by atoms with van der Waals surface area (Å²) < 4.78 is 14.8. The van der Waals surface area contributed by atoms with E-state index >= 15 is 0 Å². The van der Waals surface area contributed by atoms with Crippen molar-refractivity contribution in [3.05, 3.63) is 51.7 Å². The lowest BCUT2D eigenvalue weighted by molar-refractivity contribution is -0.142. The maximum atomic E-state index is 14.8. The fourth-order valence-electron chi connectivity index (χ4n) is 3.83. The van der Waals surface area contributed by atoms with Gasteiger partial charge < -0.3 is 9.80 Å². The third-order valence-electron chi connectivity index (χ3n) is 5.51. The summed E-state index contributed by atoms with van der Waals surface area (Å²) in [5.74, 6) is -1.84. The largest absolute Gasteiger partial charge is 0.340 e. The number of nitrogens with zero attached hydrogens (tertiary/aromatic N) is 4. The Hall–Kier alpha value is -2.65. The second-order valence-corrected chi connectivity index (χ2v) is 9.24. The Morgan fingerprint density at radius 2 is 1.97 bits per heavy atom. The zero-order valence-electron chi connectivity index (χ0n) is 18.2. The van der Waals surface area contributed by atoms with E-state index < -0.39 is 17.1 Å². The lowest BCUT2D eigenvalue weighted by Gasteiger charge is -2.29. The van der Waals surface area contributed by atoms with E-state index in [4.69, 9.17) is 0 Å². The molecule has 9 heteroatoms. The van der Waals surface area contributed by atoms with Crippen LogP contribution in [0.25, 0.3) is 0 Å². The van der Waals surface area contributed by atoms with Gasteiger partial charge in [0.05, 0.1) is 22.7 Å². The molecule has 166 valence electrons. The van der Waals surface area contributed by atoms with Crippen LogP contribution in [0.3, 0.4) is 0 Å². The van der Waals surface area contributed by atoms with Crippen LogP contribution in [0.4, 0.5) is 4.39 Å². The van der Waals surface area contributed by atoms with E-state index in [0.29, 0.717) is 6.54 Å². The number of benzene rings is 1. The van der Waals surface area contributed by atoms with Crippen molar-refractivity contribution in [1.82, 2.24) is 19.7 Å². The Kier molecular flexibility index (Phi) is 6.86. The normalized spacial score (nSPS) is 18.8. The third kappa shape index (κ3) is 4.83. The Labute approximate surface area is 185 Å². The van der Waals surface area contributed by atoms with Gasteiger partial charge in [-0.2, -0.15) is 0 Å². The molecule has 7 nitrogen and oxygen atoms in total. The highest BCUT2D eigenvalue weighted by Crippen LogP contribution is 2.41. The number of amides is 3. The maximum absolute atomic E-state index is 14.8. The number of likely N-dealkylation sites (tertiary alicyclic amines) is 1. The van der Waals surface area contributed by atoms with Crippen LogP contribution in [0, 0.1) is 12.7 Å². The predicted molar refractivity (Wildman–Crippen MR) is 116 cm³/mol. The number of imide groups is 1. The highest BCUT2D eigenvalue weighted by molar-refractivity contribution is 7.09. The average Bonchev–Trinajstić information content (AvgIpc) is 3.21. The first-order valence-electron chi connectivity index (χ1n) is 10.0. The Balaban J connectivity index is 1.90. The summed E-state index contributed by atoms with van der Waals surface area (Å²) in [5, 5.41) is 2.77. The molecule has 2 aromatic rings. The number of aromatic nitrogens is 1. The van der Waals surface area contributed by atoms with Crippen molar-refractivity contribution < 1.29 is 18.8 Å². The SMILES string of the molecule is Cc1nc(CN(C)C(=O)C[C@@]2(c3ccccc3F)CC(=O)N(CCN(C)C)C2=O)cs1. The number of halogens is 1. The summed E-state index contributed by atoms with van der Waals surface area (Å²) >= 11 is 1.49. The number of carbonyl (C=O) groups excluding carboxylic acids is 3. The summed E-state index contributed by atoms with van der Waals surface area (Å²) in [6.45, 7) is 2.85. The Morgan fingerprint density at radius 1 is 1.26 bits per heavy atom. The molecule has 0 unspecified atom stereocenters. The van der Waals surface area contributed by atoms with Gasteiger partial charge in [-0.15, -0.1) is 11.3 Å². The first-order valence-corrected chi connectivity index (χ1v) is 10.9. The van der Waals surface area contributed by atoms with Crippen LogP contribution < -0.4 is 0 Å². The number of carbonyl (C=O) groups is 3. The van der Waals surface area contributed by atoms with E-state index in [1.807, 2.05) is 31.3 Å². The molecule has 3 amide bonds. The summed E-state index contributed by atoms with van der Waals surface area (Å²) in [7, 11) is 5.30. The predicted octanol–water partition coefficient (Wildman–Crippen LogP) is 2.20. The molecule has 1 atom stereocenters. The topological polar surface area (TPSA) is 73.8 Å². The van der Waals surface area contributed by atoms with Gasteiger partial charge in [0.25, 0.3) is 0 Å². The van der Waals surface area contributed by atoms with Crippen molar-refractivity contribution in [2.24, 2.45) is 0 Å². The fraction of sp³-hybridized carbons (Fsp3) is 0.455. The highest BCUT2D eigenvalue weighted by Gasteiger charge is 2.54. The van der Waals surface area contributed by atoms with Crippen molar-refractivity contribution in [2.75, 3.05) is 34.2 Å². The molecule has 1 aliphatic rings. The first kappa shape index (κ1) is 23.0. The molecule has 3 rings (SSSR count). The van der Waals surface area contributed by atoms with Crippen LogP contribution >= 0.6 is 11.3 Å². The summed E-state index contributed by atoms with van der Waals surface area (Å²) in [4.78, 5) is 48.2. The summed E-state index contributed by atoms with van der Waals surface area (Å²) in [6.07, 6.45) is -0.508. The van der Waals surface area contributed by atoms with E-state index in [9.17, 15) is 18.8 Å². The molecule has 1 aromatic carbocycles. The number of aryl methyl sites for hydroxylation is 1. The molecule has 1 aliphatic heterocycles. The second kappa shape index (κ2) is 9.23. The van der Waals surface area contributed by atoms with Crippen LogP contribution in [-0.4, -0.2) is 71.6 Å². The highest BCUT2D eigenvalue weighted by atomic mass is 32.1. The minimum absolute atomic E-state index is 0.0898. The molecule has 0 radical (unpaired) electrons. The van der Waals surface area contributed by atoms with Gasteiger partial charge in [-0.3, -0.25) is 19.3 Å². The number of hydrogen-bond acceptors (Lipinski definition) is 6. The summed E-state index contributed by atoms with van der Waals surface area (Å²) in [5.41, 5.74) is -0.704. The zero-order chi connectivity index (χ0) is 22.8.